The van der Waals surface area contributed by atoms with Crippen molar-refractivity contribution < 1.29 is 9.52 Å². The molecule has 0 spiro atoms. The second kappa shape index (κ2) is 7.30. The lowest BCUT2D eigenvalue weighted by atomic mass is 10.3. The average Bonchev–Trinajstić information content (AvgIpc) is 3.01. The van der Waals surface area contributed by atoms with E-state index < -0.39 is 6.10 Å². The van der Waals surface area contributed by atoms with Gasteiger partial charge in [0.25, 0.3) is 6.01 Å². The van der Waals surface area contributed by atoms with Crippen LogP contribution in [0.15, 0.2) is 46.0 Å². The maximum Gasteiger partial charge on any atom is 0.295 e. The first-order chi connectivity index (χ1) is 11.2. The van der Waals surface area contributed by atoms with Crippen molar-refractivity contribution in [3.8, 4) is 0 Å². The Morgan fingerprint density at radius 1 is 1.17 bits per heavy atom. The van der Waals surface area contributed by atoms with E-state index >= 15 is 0 Å². The molecule has 0 saturated heterocycles. The van der Waals surface area contributed by atoms with E-state index in [4.69, 9.17) is 4.42 Å². The van der Waals surface area contributed by atoms with Gasteiger partial charge < -0.3 is 20.2 Å². The maximum absolute atomic E-state index is 9.99. The molecule has 2 aromatic heterocycles. The van der Waals surface area contributed by atoms with Crippen molar-refractivity contribution >= 4 is 34.8 Å². The van der Waals surface area contributed by atoms with E-state index in [0.29, 0.717) is 30.6 Å². The lowest BCUT2D eigenvalue weighted by molar-refractivity contribution is 0.199. The first-order valence-electron chi connectivity index (χ1n) is 7.12. The van der Waals surface area contributed by atoms with Crippen LogP contribution in [-0.2, 0) is 0 Å². The number of hydrogen-bond donors (Lipinski definition) is 3. The molecule has 1 aromatic carbocycles. The number of aromatic nitrogens is 3. The lowest BCUT2D eigenvalue weighted by Crippen LogP contribution is -2.28. The molecule has 0 bridgehead atoms. The quantitative estimate of drug-likeness (QED) is 0.567. The summed E-state index contributed by atoms with van der Waals surface area (Å²) in [7, 11) is 0. The Labute approximate surface area is 137 Å². The fraction of sp³-hybridized carbons (Fsp3) is 0.267. The molecular weight excluding hydrogens is 314 g/mol. The summed E-state index contributed by atoms with van der Waals surface area (Å²) in [5, 5.41) is 16.0. The minimum Gasteiger partial charge on any atom is -0.424 e. The van der Waals surface area contributed by atoms with E-state index in [1.165, 1.54) is 0 Å². The Morgan fingerprint density at radius 2 is 1.91 bits per heavy atom. The maximum atomic E-state index is 9.99. The summed E-state index contributed by atoms with van der Waals surface area (Å²) in [5.74, 6) is 0.490. The highest BCUT2D eigenvalue weighted by Gasteiger charge is 2.08. The van der Waals surface area contributed by atoms with Crippen molar-refractivity contribution in [1.82, 2.24) is 15.0 Å². The smallest absolute Gasteiger partial charge is 0.295 e. The molecule has 3 rings (SSSR count). The molecule has 0 saturated carbocycles. The molecule has 0 aliphatic rings. The molecule has 8 heteroatoms. The number of rotatable bonds is 7. The van der Waals surface area contributed by atoms with E-state index in [2.05, 4.69) is 25.6 Å². The van der Waals surface area contributed by atoms with E-state index in [1.807, 2.05) is 30.5 Å². The molecule has 0 amide bonds. The zero-order chi connectivity index (χ0) is 16.1. The van der Waals surface area contributed by atoms with Crippen LogP contribution < -0.4 is 10.6 Å². The molecule has 1 atom stereocenters. The van der Waals surface area contributed by atoms with Crippen molar-refractivity contribution in [3.05, 3.63) is 36.7 Å². The van der Waals surface area contributed by atoms with Gasteiger partial charge in [-0.3, -0.25) is 0 Å². The predicted molar refractivity (Wildman–Crippen MR) is 90.8 cm³/mol. The van der Waals surface area contributed by atoms with Gasteiger partial charge >= 0.3 is 0 Å². The number of nitrogens with zero attached hydrogens (tertiary/aromatic N) is 3. The number of fused-ring (bicyclic) bond motifs is 1. The number of hydrogen-bond acceptors (Lipinski definition) is 8. The molecular formula is C15H17N5O2S. The number of nitrogens with one attached hydrogen (secondary N) is 2. The van der Waals surface area contributed by atoms with Crippen LogP contribution in [0.5, 0.6) is 0 Å². The zero-order valence-corrected chi connectivity index (χ0v) is 13.4. The number of anilines is 2. The fourth-order valence-corrected chi connectivity index (χ4v) is 2.26. The van der Waals surface area contributed by atoms with E-state index in [0.717, 1.165) is 10.4 Å². The third-order valence-electron chi connectivity index (χ3n) is 3.14. The minimum absolute atomic E-state index is 0.308. The van der Waals surface area contributed by atoms with Gasteiger partial charge in [0.05, 0.1) is 6.10 Å². The van der Waals surface area contributed by atoms with E-state index in [9.17, 15) is 5.11 Å². The third-order valence-corrected chi connectivity index (χ3v) is 3.82. The van der Waals surface area contributed by atoms with Gasteiger partial charge in [-0.25, -0.2) is 9.97 Å². The highest BCUT2D eigenvalue weighted by atomic mass is 32.2. The Bertz CT molecular complexity index is 729. The molecule has 23 heavy (non-hydrogen) atoms. The van der Waals surface area contributed by atoms with Crippen molar-refractivity contribution in [2.75, 3.05) is 30.0 Å². The van der Waals surface area contributed by atoms with Crippen LogP contribution in [0, 0.1) is 0 Å². The third kappa shape index (κ3) is 4.11. The van der Waals surface area contributed by atoms with Crippen molar-refractivity contribution in [1.29, 1.82) is 0 Å². The molecule has 1 unspecified atom stereocenters. The molecule has 2 heterocycles. The number of oxazole rings is 1. The molecule has 3 aromatic rings. The first kappa shape index (κ1) is 15.6. The Morgan fingerprint density at radius 3 is 2.65 bits per heavy atom. The van der Waals surface area contributed by atoms with Crippen LogP contribution in [-0.4, -0.2) is 45.5 Å². The second-order valence-corrected chi connectivity index (χ2v) is 5.73. The van der Waals surface area contributed by atoms with Crippen molar-refractivity contribution in [2.45, 2.75) is 11.0 Å². The van der Waals surface area contributed by atoms with Crippen LogP contribution in [0.4, 0.5) is 12.0 Å². The van der Waals surface area contributed by atoms with Gasteiger partial charge in [0, 0.05) is 30.4 Å². The monoisotopic (exact) mass is 331 g/mol. The molecule has 0 fully saturated rings. The van der Waals surface area contributed by atoms with Crippen molar-refractivity contribution in [2.24, 2.45) is 0 Å². The number of aliphatic hydroxyl groups is 1. The molecule has 7 nitrogen and oxygen atoms in total. The fourth-order valence-electron chi connectivity index (χ4n) is 1.95. The van der Waals surface area contributed by atoms with Gasteiger partial charge in [-0.05, 0) is 18.4 Å². The summed E-state index contributed by atoms with van der Waals surface area (Å²) < 4.78 is 5.53. The predicted octanol–water partition coefficient (Wildman–Crippen LogP) is 2.22. The largest absolute Gasteiger partial charge is 0.424 e. The normalized spacial score (nSPS) is 12.3. The van der Waals surface area contributed by atoms with Gasteiger partial charge in [-0.15, -0.1) is 11.8 Å². The highest BCUT2D eigenvalue weighted by molar-refractivity contribution is 7.98. The van der Waals surface area contributed by atoms with Gasteiger partial charge in [0.1, 0.15) is 5.52 Å². The van der Waals surface area contributed by atoms with Gasteiger partial charge in [0.15, 0.2) is 5.58 Å². The van der Waals surface area contributed by atoms with Crippen LogP contribution in [0.3, 0.4) is 0 Å². The van der Waals surface area contributed by atoms with Crippen molar-refractivity contribution in [3.63, 3.8) is 0 Å². The molecule has 0 radical (unpaired) electrons. The topological polar surface area (TPSA) is 96.1 Å². The van der Waals surface area contributed by atoms with Crippen LogP contribution in [0.25, 0.3) is 11.1 Å². The number of benzene rings is 1. The zero-order valence-electron chi connectivity index (χ0n) is 12.6. The van der Waals surface area contributed by atoms with Gasteiger partial charge in [-0.1, -0.05) is 12.1 Å². The summed E-state index contributed by atoms with van der Waals surface area (Å²) in [6, 6.07) is 7.90. The van der Waals surface area contributed by atoms with Crippen LogP contribution in [0.1, 0.15) is 0 Å². The van der Waals surface area contributed by atoms with E-state index in [1.54, 1.807) is 24.2 Å². The van der Waals surface area contributed by atoms with Gasteiger partial charge in [0.2, 0.25) is 5.95 Å². The van der Waals surface area contributed by atoms with Crippen LogP contribution in [0.2, 0.25) is 0 Å². The summed E-state index contributed by atoms with van der Waals surface area (Å²) in [6.07, 6.45) is 4.81. The SMILES string of the molecule is CSc1cnc(NCC(O)CNc2nc3ccccc3o2)nc1. The lowest BCUT2D eigenvalue weighted by Gasteiger charge is -2.11. The average molecular weight is 331 g/mol. The minimum atomic E-state index is -0.631. The molecule has 0 aliphatic heterocycles. The van der Waals surface area contributed by atoms with Crippen LogP contribution >= 0.6 is 11.8 Å². The van der Waals surface area contributed by atoms with E-state index in [-0.39, 0.29) is 0 Å². The Balaban J connectivity index is 1.47. The first-order valence-corrected chi connectivity index (χ1v) is 8.34. The van der Waals surface area contributed by atoms with Gasteiger partial charge in [-0.2, -0.15) is 4.98 Å². The standard InChI is InChI=1S/C15H17N5O2S/c1-23-11-8-17-14(18-9-11)16-6-10(21)7-19-15-20-12-4-2-3-5-13(12)22-15/h2-5,8-10,21H,6-7H2,1H3,(H,19,20)(H,16,17,18). The summed E-state index contributed by atoms with van der Waals surface area (Å²) in [5.41, 5.74) is 1.50. The number of thioether (sulfide) groups is 1. The number of para-hydroxylation sites is 2. The Kier molecular flexibility index (Phi) is 4.94. The summed E-state index contributed by atoms with van der Waals surface area (Å²) in [4.78, 5) is 13.6. The second-order valence-electron chi connectivity index (χ2n) is 4.85. The Hall–Kier alpha value is -2.32. The highest BCUT2D eigenvalue weighted by Crippen LogP contribution is 2.17. The number of aliphatic hydroxyl groups excluding tert-OH is 1. The summed E-state index contributed by atoms with van der Waals surface area (Å²) in [6.45, 7) is 0.633. The molecule has 120 valence electrons. The molecule has 3 N–H and O–H groups in total. The summed E-state index contributed by atoms with van der Waals surface area (Å²) >= 11 is 1.58. The molecule has 0 aliphatic carbocycles.